The molecule has 26 heavy (non-hydrogen) atoms. The molecule has 4 aromatic rings. The van der Waals surface area contributed by atoms with E-state index in [2.05, 4.69) is 0 Å². The van der Waals surface area contributed by atoms with E-state index in [1.807, 2.05) is 0 Å². The first-order chi connectivity index (χ1) is 12.2. The molecule has 0 atom stereocenters. The van der Waals surface area contributed by atoms with Crippen LogP contribution >= 0.6 is 0 Å². The van der Waals surface area contributed by atoms with Crippen LogP contribution in [-0.2, 0) is 0 Å². The summed E-state index contributed by atoms with van der Waals surface area (Å²) in [5.74, 6) is -16.8. The summed E-state index contributed by atoms with van der Waals surface area (Å²) < 4.78 is 117. The van der Waals surface area contributed by atoms with Gasteiger partial charge in [-0.1, -0.05) is 0 Å². The van der Waals surface area contributed by atoms with Gasteiger partial charge >= 0.3 is 0 Å². The normalized spacial score (nSPS) is 11.8. The largest absolute Gasteiger partial charge is 0.449 e. The molecule has 0 aliphatic heterocycles. The molecule has 2 heterocycles. The zero-order valence-electron chi connectivity index (χ0n) is 12.0. The van der Waals surface area contributed by atoms with Crippen LogP contribution in [0.3, 0.4) is 0 Å². The molecular formula is C16H2F8O2. The van der Waals surface area contributed by atoms with Crippen LogP contribution in [0.15, 0.2) is 21.0 Å². The number of benzene rings is 2. The summed E-state index contributed by atoms with van der Waals surface area (Å²) in [4.78, 5) is 0. The monoisotopic (exact) mass is 378 g/mol. The molecule has 2 aromatic carbocycles. The minimum atomic E-state index is -2.12. The second-order valence-electron chi connectivity index (χ2n) is 5.22. The van der Waals surface area contributed by atoms with Crippen LogP contribution in [0.1, 0.15) is 0 Å². The summed E-state index contributed by atoms with van der Waals surface area (Å²) in [5, 5.41) is -1.62. The van der Waals surface area contributed by atoms with Crippen molar-refractivity contribution in [2.75, 3.05) is 0 Å². The molecule has 2 nitrogen and oxygen atoms in total. The summed E-state index contributed by atoms with van der Waals surface area (Å²) in [6.07, 6.45) is 0. The summed E-state index contributed by atoms with van der Waals surface area (Å²) in [7, 11) is 0. The van der Waals surface area contributed by atoms with Crippen molar-refractivity contribution in [2.45, 2.75) is 0 Å². The van der Waals surface area contributed by atoms with Crippen molar-refractivity contribution in [3.05, 3.63) is 58.7 Å². The fourth-order valence-corrected chi connectivity index (χ4v) is 2.50. The van der Waals surface area contributed by atoms with Gasteiger partial charge in [-0.3, -0.25) is 0 Å². The predicted octanol–water partition coefficient (Wildman–Crippen LogP) is 5.96. The van der Waals surface area contributed by atoms with Crippen molar-refractivity contribution in [1.29, 1.82) is 0 Å². The van der Waals surface area contributed by atoms with E-state index in [4.69, 9.17) is 8.83 Å². The molecule has 134 valence electrons. The van der Waals surface area contributed by atoms with Crippen LogP contribution in [0.2, 0.25) is 0 Å². The maximum Gasteiger partial charge on any atom is 0.205 e. The Bertz CT molecular complexity index is 1040. The number of fused-ring (bicyclic) bond motifs is 2. The van der Waals surface area contributed by atoms with Crippen LogP contribution in [0.5, 0.6) is 0 Å². The summed E-state index contributed by atoms with van der Waals surface area (Å²) in [6.45, 7) is 0. The quantitative estimate of drug-likeness (QED) is 0.232. The highest BCUT2D eigenvalue weighted by atomic mass is 19.2. The summed E-state index contributed by atoms with van der Waals surface area (Å²) in [6, 6.07) is 1.35. The molecule has 0 unspecified atom stereocenters. The third-order valence-corrected chi connectivity index (χ3v) is 3.73. The third kappa shape index (κ3) is 1.98. The first kappa shape index (κ1) is 16.4. The van der Waals surface area contributed by atoms with E-state index in [0.29, 0.717) is 12.1 Å². The Morgan fingerprint density at radius 2 is 0.731 bits per heavy atom. The molecule has 0 aliphatic carbocycles. The second kappa shape index (κ2) is 5.23. The van der Waals surface area contributed by atoms with E-state index in [1.165, 1.54) is 0 Å². The van der Waals surface area contributed by atoms with Crippen molar-refractivity contribution < 1.29 is 44.0 Å². The summed E-state index contributed by atoms with van der Waals surface area (Å²) >= 11 is 0. The van der Waals surface area contributed by atoms with Crippen LogP contribution in [-0.4, -0.2) is 0 Å². The molecule has 0 aliphatic rings. The number of hydrogen-bond donors (Lipinski definition) is 0. The van der Waals surface area contributed by atoms with E-state index in [-0.39, 0.29) is 0 Å². The Hall–Kier alpha value is -3.04. The maximum absolute atomic E-state index is 13.7. The third-order valence-electron chi connectivity index (χ3n) is 3.73. The minimum Gasteiger partial charge on any atom is -0.449 e. The topological polar surface area (TPSA) is 26.3 Å². The van der Waals surface area contributed by atoms with E-state index in [1.54, 1.807) is 0 Å². The zero-order chi connectivity index (χ0) is 18.9. The lowest BCUT2D eigenvalue weighted by Gasteiger charge is -1.97. The van der Waals surface area contributed by atoms with Gasteiger partial charge in [-0.15, -0.1) is 0 Å². The van der Waals surface area contributed by atoms with Gasteiger partial charge in [0.05, 0.1) is 10.8 Å². The highest BCUT2D eigenvalue weighted by Gasteiger charge is 2.27. The van der Waals surface area contributed by atoms with Gasteiger partial charge in [0.1, 0.15) is 0 Å². The van der Waals surface area contributed by atoms with E-state index in [0.717, 1.165) is 0 Å². The number of halogens is 8. The van der Waals surface area contributed by atoms with Gasteiger partial charge in [0, 0.05) is 0 Å². The first-order valence-corrected chi connectivity index (χ1v) is 6.73. The Morgan fingerprint density at radius 1 is 0.423 bits per heavy atom. The van der Waals surface area contributed by atoms with Crippen LogP contribution < -0.4 is 0 Å². The number of furan rings is 2. The lowest BCUT2D eigenvalue weighted by Crippen LogP contribution is -1.95. The molecular weight excluding hydrogens is 376 g/mol. The van der Waals surface area contributed by atoms with Gasteiger partial charge in [0.25, 0.3) is 0 Å². The SMILES string of the molecule is Fc1c(F)c(F)c2oc(-c3cc4c(F)c(F)c(F)c(F)c4o3)cc2c1F. The Labute approximate surface area is 137 Å². The molecule has 0 radical (unpaired) electrons. The van der Waals surface area contributed by atoms with Crippen LogP contribution in [0, 0.1) is 46.5 Å². The zero-order valence-corrected chi connectivity index (χ0v) is 12.0. The Balaban J connectivity index is 2.02. The molecule has 0 saturated heterocycles. The van der Waals surface area contributed by atoms with Crippen LogP contribution in [0.25, 0.3) is 33.5 Å². The van der Waals surface area contributed by atoms with Gasteiger partial charge in [0.2, 0.25) is 23.3 Å². The molecule has 2 aromatic heterocycles. The standard InChI is InChI=1S/C16H2F8O2/c17-7-3-1-5(25-15(3)13(23)11(21)9(7)19)6-2-4-8(18)10(20)12(22)14(24)16(4)26-6/h1-2H. The van der Waals surface area contributed by atoms with Gasteiger partial charge in [0.15, 0.2) is 46.0 Å². The summed E-state index contributed by atoms with van der Waals surface area (Å²) in [5.41, 5.74) is -2.04. The van der Waals surface area contributed by atoms with Gasteiger partial charge in [-0.05, 0) is 12.1 Å². The lowest BCUT2D eigenvalue weighted by atomic mass is 10.2. The maximum atomic E-state index is 13.7. The highest BCUT2D eigenvalue weighted by Crippen LogP contribution is 2.38. The molecule has 0 bridgehead atoms. The van der Waals surface area contributed by atoms with Crippen molar-refractivity contribution in [1.82, 2.24) is 0 Å². The van der Waals surface area contributed by atoms with Gasteiger partial charge < -0.3 is 8.83 Å². The lowest BCUT2D eigenvalue weighted by molar-refractivity contribution is 0.408. The first-order valence-electron chi connectivity index (χ1n) is 6.73. The fourth-order valence-electron chi connectivity index (χ4n) is 2.50. The minimum absolute atomic E-state index is 0.585. The van der Waals surface area contributed by atoms with Gasteiger partial charge in [-0.2, -0.15) is 8.78 Å². The second-order valence-corrected chi connectivity index (χ2v) is 5.22. The molecule has 0 amide bonds. The van der Waals surface area contributed by atoms with Crippen molar-refractivity contribution in [3.63, 3.8) is 0 Å². The van der Waals surface area contributed by atoms with Crippen LogP contribution in [0.4, 0.5) is 35.1 Å². The number of rotatable bonds is 1. The van der Waals surface area contributed by atoms with E-state index < -0.39 is 80.0 Å². The average molecular weight is 378 g/mol. The van der Waals surface area contributed by atoms with Gasteiger partial charge in [-0.25, -0.2) is 26.3 Å². The van der Waals surface area contributed by atoms with Crippen molar-refractivity contribution in [3.8, 4) is 11.5 Å². The molecule has 4 rings (SSSR count). The molecule has 0 N–H and O–H groups in total. The Kier molecular flexibility index (Phi) is 3.30. The molecule has 0 spiro atoms. The Morgan fingerprint density at radius 3 is 1.08 bits per heavy atom. The van der Waals surface area contributed by atoms with E-state index in [9.17, 15) is 35.1 Å². The van der Waals surface area contributed by atoms with E-state index >= 15 is 0 Å². The molecule has 0 saturated carbocycles. The smallest absolute Gasteiger partial charge is 0.205 e. The number of hydrogen-bond acceptors (Lipinski definition) is 2. The average Bonchev–Trinajstić information content (AvgIpc) is 3.26. The fraction of sp³-hybridized carbons (Fsp3) is 0. The molecule has 0 fully saturated rings. The van der Waals surface area contributed by atoms with Crippen molar-refractivity contribution in [2.24, 2.45) is 0 Å². The predicted molar refractivity (Wildman–Crippen MR) is 71.1 cm³/mol. The highest BCUT2D eigenvalue weighted by molar-refractivity contribution is 5.87. The van der Waals surface area contributed by atoms with Crippen molar-refractivity contribution >= 4 is 21.9 Å². The molecule has 10 heteroatoms.